The summed E-state index contributed by atoms with van der Waals surface area (Å²) in [5, 5.41) is 0. The molecule has 0 atom stereocenters. The molecule has 1 aliphatic heterocycles. The lowest BCUT2D eigenvalue weighted by atomic mass is 9.50. The maximum absolute atomic E-state index is 12.3. The zero-order valence-electron chi connectivity index (χ0n) is 13.0. The zero-order chi connectivity index (χ0) is 14.4. The van der Waals surface area contributed by atoms with E-state index in [2.05, 4.69) is 6.92 Å². The third kappa shape index (κ3) is 2.58. The summed E-state index contributed by atoms with van der Waals surface area (Å²) in [4.78, 5) is 12.3. The molecule has 118 valence electrons. The van der Waals surface area contributed by atoms with Gasteiger partial charge in [0.25, 0.3) is 0 Å². The number of ether oxygens (including phenoxy) is 1. The maximum atomic E-state index is 12.3. The highest BCUT2D eigenvalue weighted by Gasteiger charge is 2.57. The van der Waals surface area contributed by atoms with Gasteiger partial charge >= 0.3 is 6.16 Å². The first-order chi connectivity index (χ1) is 10.1. The molecule has 0 amide bonds. The van der Waals surface area contributed by atoms with Crippen molar-refractivity contribution >= 4 is 17.3 Å². The van der Waals surface area contributed by atoms with E-state index in [1.54, 1.807) is 0 Å². The van der Waals surface area contributed by atoms with Crippen molar-refractivity contribution in [3.63, 3.8) is 0 Å². The number of hydrogen-bond donors (Lipinski definition) is 0. The van der Waals surface area contributed by atoms with E-state index in [9.17, 15) is 4.79 Å². The van der Waals surface area contributed by atoms with Crippen LogP contribution in [0.5, 0.6) is 0 Å². The summed E-state index contributed by atoms with van der Waals surface area (Å²) >= 11 is -0.177. The van der Waals surface area contributed by atoms with Crippen molar-refractivity contribution in [3.05, 3.63) is 0 Å². The third-order valence-electron chi connectivity index (χ3n) is 6.49. The summed E-state index contributed by atoms with van der Waals surface area (Å²) in [6.45, 7) is 2.19. The van der Waals surface area contributed by atoms with Crippen molar-refractivity contribution in [2.24, 2.45) is 23.7 Å². The molecule has 0 radical (unpaired) electrons. The Morgan fingerprint density at radius 2 is 1.52 bits per heavy atom. The molecule has 5 aliphatic rings. The Morgan fingerprint density at radius 3 is 2.10 bits per heavy atom. The van der Waals surface area contributed by atoms with Crippen molar-refractivity contribution in [2.45, 2.75) is 63.9 Å². The average molecular weight is 311 g/mol. The Balaban J connectivity index is 1.40. The van der Waals surface area contributed by atoms with Crippen LogP contribution in [0, 0.1) is 23.7 Å². The molecule has 4 bridgehead atoms. The largest absolute Gasteiger partial charge is 0.556 e. The highest BCUT2D eigenvalue weighted by atomic mass is 32.2. The van der Waals surface area contributed by atoms with Crippen LogP contribution >= 0.6 is 0 Å². The Morgan fingerprint density at radius 1 is 0.952 bits per heavy atom. The quantitative estimate of drug-likeness (QED) is 0.569. The van der Waals surface area contributed by atoms with E-state index < -0.39 is 0 Å². The standard InChI is InChI=1S/C17H27O3S/c1-17(19-16(18)20-21-5-3-2-4-6-21)14-8-12-7-13(10-14)11-15(17)9-12/h12-15H,2-11H2,1H3/q+1. The minimum Gasteiger partial charge on any atom is -0.424 e. The van der Waals surface area contributed by atoms with Gasteiger partial charge in [-0.3, -0.25) is 0 Å². The van der Waals surface area contributed by atoms with E-state index in [0.717, 1.165) is 23.3 Å². The molecular formula is C17H27O3S+. The predicted octanol–water partition coefficient (Wildman–Crippen LogP) is 4.07. The fourth-order valence-electron chi connectivity index (χ4n) is 5.47. The molecule has 0 aromatic carbocycles. The van der Waals surface area contributed by atoms with Crippen LogP contribution in [0.25, 0.3) is 0 Å². The molecule has 4 heteroatoms. The molecule has 1 saturated heterocycles. The molecule has 5 fully saturated rings. The van der Waals surface area contributed by atoms with Gasteiger partial charge in [0.2, 0.25) is 11.2 Å². The van der Waals surface area contributed by atoms with Gasteiger partial charge in [-0.05, 0) is 82.0 Å². The molecule has 1 heterocycles. The van der Waals surface area contributed by atoms with Gasteiger partial charge in [-0.15, -0.1) is 0 Å². The molecular weight excluding hydrogens is 284 g/mol. The summed E-state index contributed by atoms with van der Waals surface area (Å²) in [6.07, 6.45) is 9.79. The van der Waals surface area contributed by atoms with E-state index in [1.165, 1.54) is 51.4 Å². The van der Waals surface area contributed by atoms with Crippen LogP contribution in [0.3, 0.4) is 0 Å². The molecule has 5 rings (SSSR count). The van der Waals surface area contributed by atoms with E-state index in [4.69, 9.17) is 8.92 Å². The van der Waals surface area contributed by atoms with Crippen LogP contribution in [0.15, 0.2) is 0 Å². The lowest BCUT2D eigenvalue weighted by Gasteiger charge is -2.58. The first-order valence-corrected chi connectivity index (χ1v) is 10.2. The van der Waals surface area contributed by atoms with Gasteiger partial charge in [0, 0.05) is 0 Å². The number of carbonyl (C=O) groups is 1. The van der Waals surface area contributed by atoms with Gasteiger partial charge in [0.15, 0.2) is 11.5 Å². The predicted molar refractivity (Wildman–Crippen MR) is 84.0 cm³/mol. The first-order valence-electron chi connectivity index (χ1n) is 8.72. The fraction of sp³-hybridized carbons (Fsp3) is 0.941. The van der Waals surface area contributed by atoms with Crippen LogP contribution in [0.1, 0.15) is 58.3 Å². The Bertz CT molecular complexity index is 388. The minimum absolute atomic E-state index is 0.177. The highest BCUT2D eigenvalue weighted by molar-refractivity contribution is 7.92. The second-order valence-electron chi connectivity index (χ2n) is 7.83. The second-order valence-corrected chi connectivity index (χ2v) is 9.70. The van der Waals surface area contributed by atoms with Crippen molar-refractivity contribution in [1.82, 2.24) is 0 Å². The third-order valence-corrected chi connectivity index (χ3v) is 8.35. The van der Waals surface area contributed by atoms with E-state index in [-0.39, 0.29) is 22.9 Å². The molecule has 0 spiro atoms. The Hall–Kier alpha value is -0.380. The summed E-state index contributed by atoms with van der Waals surface area (Å²) in [6, 6.07) is 0. The number of rotatable bonds is 2. The summed E-state index contributed by atoms with van der Waals surface area (Å²) < 4.78 is 11.6. The van der Waals surface area contributed by atoms with Gasteiger partial charge in [-0.25, -0.2) is 4.18 Å². The summed E-state index contributed by atoms with van der Waals surface area (Å²) in [5.41, 5.74) is -0.246. The Labute approximate surface area is 130 Å². The van der Waals surface area contributed by atoms with Crippen LogP contribution in [0.4, 0.5) is 4.79 Å². The van der Waals surface area contributed by atoms with Crippen molar-refractivity contribution in [2.75, 3.05) is 11.5 Å². The second kappa shape index (κ2) is 5.36. The van der Waals surface area contributed by atoms with Crippen LogP contribution in [0.2, 0.25) is 0 Å². The van der Waals surface area contributed by atoms with E-state index in [1.807, 2.05) is 0 Å². The summed E-state index contributed by atoms with van der Waals surface area (Å²) in [7, 11) is 0. The summed E-state index contributed by atoms with van der Waals surface area (Å²) in [5.74, 6) is 5.05. The van der Waals surface area contributed by atoms with Gasteiger partial charge in [0.05, 0.1) is 0 Å². The molecule has 3 nitrogen and oxygen atoms in total. The van der Waals surface area contributed by atoms with Crippen molar-refractivity contribution < 1.29 is 13.7 Å². The van der Waals surface area contributed by atoms with E-state index in [0.29, 0.717) is 11.8 Å². The first kappa shape index (κ1) is 14.2. The van der Waals surface area contributed by atoms with Crippen LogP contribution < -0.4 is 0 Å². The van der Waals surface area contributed by atoms with Crippen molar-refractivity contribution in [1.29, 1.82) is 0 Å². The van der Waals surface area contributed by atoms with Gasteiger partial charge in [-0.2, -0.15) is 4.79 Å². The maximum Gasteiger partial charge on any atom is 0.556 e. The molecule has 0 N–H and O–H groups in total. The minimum atomic E-state index is -0.379. The monoisotopic (exact) mass is 311 g/mol. The van der Waals surface area contributed by atoms with Crippen molar-refractivity contribution in [3.8, 4) is 0 Å². The molecule has 0 aromatic rings. The van der Waals surface area contributed by atoms with Gasteiger partial charge < -0.3 is 4.74 Å². The van der Waals surface area contributed by atoms with Crippen LogP contribution in [-0.2, 0) is 20.1 Å². The molecule has 0 aromatic heterocycles. The van der Waals surface area contributed by atoms with Gasteiger partial charge in [0.1, 0.15) is 5.60 Å². The van der Waals surface area contributed by atoms with Gasteiger partial charge in [-0.1, -0.05) is 0 Å². The molecule has 21 heavy (non-hydrogen) atoms. The van der Waals surface area contributed by atoms with E-state index >= 15 is 0 Å². The lowest BCUT2D eigenvalue weighted by molar-refractivity contribution is -0.168. The molecule has 0 unspecified atom stereocenters. The average Bonchev–Trinajstić information content (AvgIpc) is 2.45. The SMILES string of the molecule is CC1(OC(=O)O[S+]2CCCCC2)C2CC3CC(C2)CC1C3. The fourth-order valence-corrected chi connectivity index (χ4v) is 7.12. The zero-order valence-corrected chi connectivity index (χ0v) is 13.8. The topological polar surface area (TPSA) is 35.5 Å². The molecule has 4 aliphatic carbocycles. The smallest absolute Gasteiger partial charge is 0.424 e. The Kier molecular flexibility index (Phi) is 3.63. The number of hydrogen-bond acceptors (Lipinski definition) is 3. The normalized spacial score (nSPS) is 45.6. The highest BCUT2D eigenvalue weighted by Crippen LogP contribution is 2.59. The molecule has 4 saturated carbocycles. The van der Waals surface area contributed by atoms with Crippen LogP contribution in [-0.4, -0.2) is 23.3 Å². The number of carbonyl (C=O) groups excluding carboxylic acids is 1. The lowest BCUT2D eigenvalue weighted by Crippen LogP contribution is -2.58.